The van der Waals surface area contributed by atoms with Crippen LogP contribution in [-0.4, -0.2) is 19.2 Å². The number of nitrogens with one attached hydrogen (secondary N) is 1. The first-order valence-corrected chi connectivity index (χ1v) is 6.78. The zero-order valence-electron chi connectivity index (χ0n) is 10.5. The second-order valence-corrected chi connectivity index (χ2v) is 4.77. The SMILES string of the molecule is c1coc(COCCCCCCNC2CC2)c1. The van der Waals surface area contributed by atoms with Gasteiger partial charge in [0.15, 0.2) is 0 Å². The molecule has 0 unspecified atom stereocenters. The van der Waals surface area contributed by atoms with E-state index in [-0.39, 0.29) is 0 Å². The minimum Gasteiger partial charge on any atom is -0.467 e. The Morgan fingerprint density at radius 3 is 2.88 bits per heavy atom. The summed E-state index contributed by atoms with van der Waals surface area (Å²) in [5.41, 5.74) is 0. The second-order valence-electron chi connectivity index (χ2n) is 4.77. The van der Waals surface area contributed by atoms with E-state index in [1.807, 2.05) is 12.1 Å². The molecule has 17 heavy (non-hydrogen) atoms. The molecule has 1 fully saturated rings. The van der Waals surface area contributed by atoms with Gasteiger partial charge < -0.3 is 14.5 Å². The third kappa shape index (κ3) is 5.89. The molecule has 0 atom stereocenters. The summed E-state index contributed by atoms with van der Waals surface area (Å²) in [7, 11) is 0. The van der Waals surface area contributed by atoms with Gasteiger partial charge in [0.25, 0.3) is 0 Å². The van der Waals surface area contributed by atoms with Gasteiger partial charge in [0.1, 0.15) is 12.4 Å². The summed E-state index contributed by atoms with van der Waals surface area (Å²) in [6.45, 7) is 2.64. The van der Waals surface area contributed by atoms with E-state index in [1.54, 1.807) is 6.26 Å². The average Bonchev–Trinajstić information content (AvgIpc) is 3.02. The van der Waals surface area contributed by atoms with Crippen molar-refractivity contribution in [1.82, 2.24) is 5.32 Å². The Labute approximate surface area is 104 Å². The van der Waals surface area contributed by atoms with Crippen molar-refractivity contribution in [2.24, 2.45) is 0 Å². The lowest BCUT2D eigenvalue weighted by Gasteiger charge is -2.03. The van der Waals surface area contributed by atoms with Gasteiger partial charge in [0.2, 0.25) is 0 Å². The maximum Gasteiger partial charge on any atom is 0.129 e. The molecule has 1 aromatic rings. The van der Waals surface area contributed by atoms with Gasteiger partial charge in [-0.05, 0) is 44.4 Å². The maximum absolute atomic E-state index is 5.52. The van der Waals surface area contributed by atoms with Gasteiger partial charge in [-0.1, -0.05) is 12.8 Å². The summed E-state index contributed by atoms with van der Waals surface area (Å²) in [6.07, 6.45) is 9.50. The number of hydrogen-bond acceptors (Lipinski definition) is 3. The van der Waals surface area contributed by atoms with Crippen LogP contribution in [0.3, 0.4) is 0 Å². The van der Waals surface area contributed by atoms with Crippen LogP contribution in [0.1, 0.15) is 44.3 Å². The van der Waals surface area contributed by atoms with Crippen LogP contribution in [0.2, 0.25) is 0 Å². The van der Waals surface area contributed by atoms with Gasteiger partial charge >= 0.3 is 0 Å². The highest BCUT2D eigenvalue weighted by Gasteiger charge is 2.19. The van der Waals surface area contributed by atoms with Crippen LogP contribution in [0, 0.1) is 0 Å². The molecule has 1 aromatic heterocycles. The Morgan fingerprint density at radius 1 is 1.24 bits per heavy atom. The first-order valence-electron chi connectivity index (χ1n) is 6.78. The fraction of sp³-hybridized carbons (Fsp3) is 0.714. The summed E-state index contributed by atoms with van der Waals surface area (Å²) in [4.78, 5) is 0. The highest BCUT2D eigenvalue weighted by atomic mass is 16.5. The van der Waals surface area contributed by atoms with Crippen LogP contribution in [0.25, 0.3) is 0 Å². The Hall–Kier alpha value is -0.800. The van der Waals surface area contributed by atoms with Crippen molar-refractivity contribution in [3.05, 3.63) is 24.2 Å². The molecule has 0 saturated heterocycles. The van der Waals surface area contributed by atoms with Crippen LogP contribution in [0.15, 0.2) is 22.8 Å². The molecule has 1 aliphatic carbocycles. The molecule has 2 rings (SSSR count). The van der Waals surface area contributed by atoms with E-state index in [0.717, 1.165) is 24.8 Å². The molecular formula is C14H23NO2. The summed E-state index contributed by atoms with van der Waals surface area (Å²) in [6, 6.07) is 4.70. The third-order valence-corrected chi connectivity index (χ3v) is 3.05. The van der Waals surface area contributed by atoms with Crippen LogP contribution in [0.5, 0.6) is 0 Å². The molecule has 0 aromatic carbocycles. The number of rotatable bonds is 10. The van der Waals surface area contributed by atoms with Gasteiger partial charge in [-0.15, -0.1) is 0 Å². The number of furan rings is 1. The van der Waals surface area contributed by atoms with E-state index in [9.17, 15) is 0 Å². The molecule has 0 spiro atoms. The van der Waals surface area contributed by atoms with Crippen molar-refractivity contribution in [3.8, 4) is 0 Å². The van der Waals surface area contributed by atoms with Gasteiger partial charge in [-0.2, -0.15) is 0 Å². The van der Waals surface area contributed by atoms with E-state index in [1.165, 1.54) is 38.6 Å². The quantitative estimate of drug-likeness (QED) is 0.635. The Balaban J connectivity index is 1.31. The van der Waals surface area contributed by atoms with Gasteiger partial charge in [0.05, 0.1) is 6.26 Å². The van der Waals surface area contributed by atoms with Crippen LogP contribution < -0.4 is 5.32 Å². The standard InChI is InChI=1S/C14H23NO2/c1(3-9-15-13-7-8-13)2-4-10-16-12-14-6-5-11-17-14/h5-6,11,13,15H,1-4,7-10,12H2. The average molecular weight is 237 g/mol. The Bertz CT molecular complexity index is 280. The summed E-state index contributed by atoms with van der Waals surface area (Å²) in [5.74, 6) is 0.915. The lowest BCUT2D eigenvalue weighted by atomic mass is 10.2. The van der Waals surface area contributed by atoms with Gasteiger partial charge in [0, 0.05) is 12.6 Å². The first kappa shape index (κ1) is 12.7. The molecular weight excluding hydrogens is 214 g/mol. The molecule has 96 valence electrons. The molecule has 0 amide bonds. The number of hydrogen-bond donors (Lipinski definition) is 1. The van der Waals surface area contributed by atoms with Crippen molar-refractivity contribution in [2.75, 3.05) is 13.2 Å². The molecule has 0 radical (unpaired) electrons. The van der Waals surface area contributed by atoms with E-state index in [2.05, 4.69) is 5.32 Å². The minimum atomic E-state index is 0.607. The van der Waals surface area contributed by atoms with Crippen molar-refractivity contribution in [3.63, 3.8) is 0 Å². The second kappa shape index (κ2) is 7.51. The van der Waals surface area contributed by atoms with Gasteiger partial charge in [-0.3, -0.25) is 0 Å². The molecule has 1 heterocycles. The van der Waals surface area contributed by atoms with E-state index in [0.29, 0.717) is 6.61 Å². The highest BCUT2D eigenvalue weighted by molar-refractivity contribution is 4.95. The van der Waals surface area contributed by atoms with Crippen LogP contribution in [0.4, 0.5) is 0 Å². The minimum absolute atomic E-state index is 0.607. The molecule has 1 N–H and O–H groups in total. The largest absolute Gasteiger partial charge is 0.467 e. The topological polar surface area (TPSA) is 34.4 Å². The van der Waals surface area contributed by atoms with Crippen molar-refractivity contribution in [1.29, 1.82) is 0 Å². The van der Waals surface area contributed by atoms with Gasteiger partial charge in [-0.25, -0.2) is 0 Å². The van der Waals surface area contributed by atoms with Crippen molar-refractivity contribution in [2.45, 2.75) is 51.2 Å². The first-order chi connectivity index (χ1) is 8.45. The predicted octanol–water partition coefficient (Wildman–Crippen LogP) is 3.11. The van der Waals surface area contributed by atoms with Crippen molar-refractivity contribution < 1.29 is 9.15 Å². The summed E-state index contributed by atoms with van der Waals surface area (Å²) >= 11 is 0. The summed E-state index contributed by atoms with van der Waals surface area (Å²) < 4.78 is 10.7. The summed E-state index contributed by atoms with van der Waals surface area (Å²) in [5, 5.41) is 3.53. The Kier molecular flexibility index (Phi) is 5.59. The molecule has 0 aliphatic heterocycles. The maximum atomic E-state index is 5.52. The number of ether oxygens (including phenoxy) is 1. The lowest BCUT2D eigenvalue weighted by molar-refractivity contribution is 0.102. The zero-order valence-corrected chi connectivity index (χ0v) is 10.5. The van der Waals surface area contributed by atoms with Crippen LogP contribution in [-0.2, 0) is 11.3 Å². The normalized spacial score (nSPS) is 15.3. The monoisotopic (exact) mass is 237 g/mol. The molecule has 3 nitrogen and oxygen atoms in total. The van der Waals surface area contributed by atoms with E-state index in [4.69, 9.17) is 9.15 Å². The lowest BCUT2D eigenvalue weighted by Crippen LogP contribution is -2.17. The molecule has 1 saturated carbocycles. The predicted molar refractivity (Wildman–Crippen MR) is 67.9 cm³/mol. The molecule has 3 heteroatoms. The van der Waals surface area contributed by atoms with Crippen molar-refractivity contribution >= 4 is 0 Å². The smallest absolute Gasteiger partial charge is 0.129 e. The van der Waals surface area contributed by atoms with E-state index < -0.39 is 0 Å². The highest BCUT2D eigenvalue weighted by Crippen LogP contribution is 2.18. The molecule has 1 aliphatic rings. The van der Waals surface area contributed by atoms with E-state index >= 15 is 0 Å². The number of unbranched alkanes of at least 4 members (excludes halogenated alkanes) is 3. The third-order valence-electron chi connectivity index (χ3n) is 3.05. The Morgan fingerprint density at radius 2 is 2.12 bits per heavy atom. The zero-order chi connectivity index (χ0) is 11.8. The fourth-order valence-electron chi connectivity index (χ4n) is 1.84. The molecule has 0 bridgehead atoms. The fourth-order valence-corrected chi connectivity index (χ4v) is 1.84. The van der Waals surface area contributed by atoms with Crippen LogP contribution >= 0.6 is 0 Å².